The van der Waals surface area contributed by atoms with Crippen LogP contribution >= 0.6 is 0 Å². The van der Waals surface area contributed by atoms with E-state index in [1.54, 1.807) is 32.6 Å². The Morgan fingerprint density at radius 2 is 1.92 bits per heavy atom. The number of hydrogen-bond donors (Lipinski definition) is 1. The second-order valence-corrected chi connectivity index (χ2v) is 11.3. The molecule has 2 fully saturated rings. The fourth-order valence-corrected chi connectivity index (χ4v) is 5.23. The van der Waals surface area contributed by atoms with E-state index in [1.807, 2.05) is 36.4 Å². The predicted molar refractivity (Wildman–Crippen MR) is 136 cm³/mol. The van der Waals surface area contributed by atoms with Gasteiger partial charge >= 0.3 is 12.1 Å². The molecule has 5 atom stereocenters. The van der Waals surface area contributed by atoms with Crippen LogP contribution in [0.2, 0.25) is 0 Å². The molecule has 1 spiro atoms. The molecule has 1 saturated heterocycles. The fourth-order valence-electron chi connectivity index (χ4n) is 5.23. The second kappa shape index (κ2) is 10.2. The highest BCUT2D eigenvalue weighted by Crippen LogP contribution is 2.58. The number of esters is 1. The van der Waals surface area contributed by atoms with Crippen LogP contribution in [0.25, 0.3) is 0 Å². The van der Waals surface area contributed by atoms with Crippen LogP contribution in [0, 0.1) is 5.92 Å². The maximum absolute atomic E-state index is 13.8. The van der Waals surface area contributed by atoms with E-state index >= 15 is 0 Å². The average Bonchev–Trinajstić information content (AvgIpc) is 3.38. The molecule has 3 aliphatic rings. The molecular formula is C28H37N3O6. The van der Waals surface area contributed by atoms with E-state index in [1.165, 1.54) is 11.9 Å². The third kappa shape index (κ3) is 5.65. The van der Waals surface area contributed by atoms with Crippen LogP contribution in [0.3, 0.4) is 0 Å². The van der Waals surface area contributed by atoms with E-state index in [0.717, 1.165) is 18.4 Å². The largest absolute Gasteiger partial charge is 0.459 e. The number of nitrogens with zero attached hydrogens (tertiary/aromatic N) is 2. The summed E-state index contributed by atoms with van der Waals surface area (Å²) in [5, 5.41) is 2.82. The van der Waals surface area contributed by atoms with E-state index in [4.69, 9.17) is 9.47 Å². The average molecular weight is 512 g/mol. The molecule has 1 aromatic carbocycles. The third-order valence-electron chi connectivity index (χ3n) is 7.48. The smallest absolute Gasteiger partial charge is 0.410 e. The van der Waals surface area contributed by atoms with Crippen LogP contribution in [0.5, 0.6) is 0 Å². The number of rotatable bonds is 6. The first-order chi connectivity index (χ1) is 17.4. The highest BCUT2D eigenvalue weighted by Gasteiger charge is 2.65. The summed E-state index contributed by atoms with van der Waals surface area (Å²) in [6.07, 6.45) is 5.76. The topological polar surface area (TPSA) is 105 Å². The van der Waals surface area contributed by atoms with Gasteiger partial charge in [-0.05, 0) is 58.9 Å². The van der Waals surface area contributed by atoms with Gasteiger partial charge in [0, 0.05) is 13.0 Å². The number of hydrogen-bond acceptors (Lipinski definition) is 6. The van der Waals surface area contributed by atoms with E-state index in [2.05, 4.69) is 11.4 Å². The van der Waals surface area contributed by atoms with Gasteiger partial charge < -0.3 is 19.7 Å². The van der Waals surface area contributed by atoms with Gasteiger partial charge in [-0.25, -0.2) is 9.59 Å². The lowest BCUT2D eigenvalue weighted by atomic mass is 10.0. The second-order valence-electron chi connectivity index (χ2n) is 11.3. The van der Waals surface area contributed by atoms with E-state index in [0.29, 0.717) is 12.8 Å². The monoisotopic (exact) mass is 511 g/mol. The van der Waals surface area contributed by atoms with Crippen molar-refractivity contribution < 1.29 is 28.7 Å². The minimum atomic E-state index is -0.857. The van der Waals surface area contributed by atoms with Gasteiger partial charge in [0.2, 0.25) is 11.8 Å². The highest BCUT2D eigenvalue weighted by molar-refractivity contribution is 5.94. The first-order valence-corrected chi connectivity index (χ1v) is 12.9. The number of amides is 3. The molecule has 1 aliphatic carbocycles. The Morgan fingerprint density at radius 1 is 1.22 bits per heavy atom. The van der Waals surface area contributed by atoms with Crippen LogP contribution in [-0.4, -0.2) is 70.0 Å². The number of nitrogens with one attached hydrogen (secondary N) is 1. The molecule has 2 aliphatic heterocycles. The van der Waals surface area contributed by atoms with Crippen molar-refractivity contribution >= 4 is 23.9 Å². The van der Waals surface area contributed by atoms with Crippen molar-refractivity contribution in [3.05, 3.63) is 48.0 Å². The van der Waals surface area contributed by atoms with Crippen LogP contribution in [0.1, 0.15) is 58.9 Å². The lowest BCUT2D eigenvalue weighted by molar-refractivity contribution is -0.157. The standard InChI is InChI=1S/C28H37N3O6/c1-18(30(5)26(35)37-27(2,3)4)23(32)29-21-13-9-12-20-16-28(20)15-14-22(31(28)24(21)33)25(34)36-17-19-10-7-6-8-11-19/h6-12,18,20-22H,13-17H2,1-5H3,(H,29,32)/b12-9-/t18-,20?,21-,22-,28+/m0/s1. The molecule has 4 rings (SSSR count). The summed E-state index contributed by atoms with van der Waals surface area (Å²) in [5.41, 5.74) is -0.216. The summed E-state index contributed by atoms with van der Waals surface area (Å²) >= 11 is 0. The molecule has 0 bridgehead atoms. The van der Waals surface area contributed by atoms with Gasteiger partial charge in [-0.1, -0.05) is 42.5 Å². The Bertz CT molecular complexity index is 1080. The molecule has 1 N–H and O–H groups in total. The zero-order valence-electron chi connectivity index (χ0n) is 22.2. The van der Waals surface area contributed by atoms with Crippen molar-refractivity contribution in [1.82, 2.24) is 15.1 Å². The Morgan fingerprint density at radius 3 is 2.59 bits per heavy atom. The molecule has 0 radical (unpaired) electrons. The van der Waals surface area contributed by atoms with E-state index in [-0.39, 0.29) is 18.4 Å². The van der Waals surface area contributed by atoms with Gasteiger partial charge in [0.1, 0.15) is 30.3 Å². The van der Waals surface area contributed by atoms with E-state index in [9.17, 15) is 19.2 Å². The normalized spacial score (nSPS) is 28.1. The summed E-state index contributed by atoms with van der Waals surface area (Å²) in [6.45, 7) is 6.98. The predicted octanol–water partition coefficient (Wildman–Crippen LogP) is 3.18. The molecule has 37 heavy (non-hydrogen) atoms. The minimum absolute atomic E-state index is 0.142. The summed E-state index contributed by atoms with van der Waals surface area (Å²) < 4.78 is 11.0. The number of benzene rings is 1. The molecule has 1 unspecified atom stereocenters. The number of carbonyl (C=O) groups excluding carboxylic acids is 4. The zero-order valence-corrected chi connectivity index (χ0v) is 22.2. The maximum Gasteiger partial charge on any atom is 0.410 e. The zero-order chi connectivity index (χ0) is 27.0. The molecule has 9 nitrogen and oxygen atoms in total. The summed E-state index contributed by atoms with van der Waals surface area (Å²) in [7, 11) is 1.49. The van der Waals surface area contributed by atoms with Gasteiger partial charge in [-0.3, -0.25) is 14.5 Å². The Labute approximate surface area is 218 Å². The lowest BCUT2D eigenvalue weighted by Crippen LogP contribution is -2.58. The van der Waals surface area contributed by atoms with Crippen molar-refractivity contribution in [3.63, 3.8) is 0 Å². The summed E-state index contributed by atoms with van der Waals surface area (Å²) in [6, 6.07) is 7.03. The van der Waals surface area contributed by atoms with Crippen molar-refractivity contribution in [2.45, 2.75) is 89.3 Å². The highest BCUT2D eigenvalue weighted by atomic mass is 16.6. The molecule has 1 aromatic rings. The number of ether oxygens (including phenoxy) is 2. The summed E-state index contributed by atoms with van der Waals surface area (Å²) in [4.78, 5) is 55.3. The molecule has 1 saturated carbocycles. The molecule has 2 heterocycles. The molecule has 0 aromatic heterocycles. The van der Waals surface area contributed by atoms with Gasteiger partial charge in [0.15, 0.2) is 0 Å². The lowest BCUT2D eigenvalue weighted by Gasteiger charge is -2.35. The maximum atomic E-state index is 13.8. The minimum Gasteiger partial charge on any atom is -0.459 e. The Hall–Kier alpha value is -3.36. The van der Waals surface area contributed by atoms with Gasteiger partial charge in [0.25, 0.3) is 0 Å². The Balaban J connectivity index is 1.45. The molecular weight excluding hydrogens is 474 g/mol. The fraction of sp³-hybridized carbons (Fsp3) is 0.571. The van der Waals surface area contributed by atoms with Crippen LogP contribution in [0.4, 0.5) is 4.79 Å². The van der Waals surface area contributed by atoms with Gasteiger partial charge in [0.05, 0.1) is 5.54 Å². The quantitative estimate of drug-likeness (QED) is 0.465. The third-order valence-corrected chi connectivity index (χ3v) is 7.48. The number of likely N-dealkylation sites (N-methyl/N-ethyl adjacent to an activating group) is 1. The molecule has 9 heteroatoms. The van der Waals surface area contributed by atoms with E-state index < -0.39 is 47.2 Å². The van der Waals surface area contributed by atoms with Crippen molar-refractivity contribution in [1.29, 1.82) is 0 Å². The van der Waals surface area contributed by atoms with Crippen LogP contribution in [0.15, 0.2) is 42.5 Å². The SMILES string of the molecule is C[C@@H](C(=O)N[C@H]1C/C=C\C2C[C@]23CC[C@@H](C(=O)OCc2ccccc2)N3C1=O)N(C)C(=O)OC(C)(C)C. The number of carbonyl (C=O) groups is 4. The summed E-state index contributed by atoms with van der Waals surface area (Å²) in [5.74, 6) is -0.972. The molecule has 3 amide bonds. The van der Waals surface area contributed by atoms with Crippen molar-refractivity contribution in [3.8, 4) is 0 Å². The first-order valence-electron chi connectivity index (χ1n) is 12.9. The van der Waals surface area contributed by atoms with Gasteiger partial charge in [-0.2, -0.15) is 0 Å². The Kier molecular flexibility index (Phi) is 7.35. The van der Waals surface area contributed by atoms with Crippen molar-refractivity contribution in [2.75, 3.05) is 7.05 Å². The van der Waals surface area contributed by atoms with Crippen molar-refractivity contribution in [2.24, 2.45) is 5.92 Å². The van der Waals surface area contributed by atoms with Crippen LogP contribution < -0.4 is 5.32 Å². The van der Waals surface area contributed by atoms with Crippen LogP contribution in [-0.2, 0) is 30.5 Å². The first kappa shape index (κ1) is 26.7. The molecule has 200 valence electrons. The van der Waals surface area contributed by atoms with Gasteiger partial charge in [-0.15, -0.1) is 0 Å².